The van der Waals surface area contributed by atoms with Gasteiger partial charge in [0.15, 0.2) is 0 Å². The summed E-state index contributed by atoms with van der Waals surface area (Å²) in [5.74, 6) is -0.0982. The number of benzene rings is 2. The van der Waals surface area contributed by atoms with Crippen molar-refractivity contribution in [2.45, 2.75) is 13.0 Å². The lowest BCUT2D eigenvalue weighted by Crippen LogP contribution is -2.26. The van der Waals surface area contributed by atoms with E-state index in [9.17, 15) is 4.79 Å². The molecule has 0 spiro atoms. The number of hydrogen-bond donors (Lipinski definition) is 2. The van der Waals surface area contributed by atoms with Crippen LogP contribution in [-0.2, 0) is 0 Å². The van der Waals surface area contributed by atoms with Crippen molar-refractivity contribution in [3.8, 4) is 0 Å². The van der Waals surface area contributed by atoms with E-state index in [0.29, 0.717) is 10.6 Å². The van der Waals surface area contributed by atoms with E-state index in [-0.39, 0.29) is 11.9 Å². The van der Waals surface area contributed by atoms with Crippen molar-refractivity contribution in [3.05, 3.63) is 70.9 Å². The zero-order valence-electron chi connectivity index (χ0n) is 11.6. The third kappa shape index (κ3) is 2.93. The number of aromatic nitrogens is 1. The molecule has 3 nitrogen and oxygen atoms in total. The zero-order valence-corrected chi connectivity index (χ0v) is 12.3. The number of carbonyl (C=O) groups is 1. The summed E-state index contributed by atoms with van der Waals surface area (Å²) in [6.07, 6.45) is 1.86. The molecule has 0 aliphatic heterocycles. The normalized spacial score (nSPS) is 12.3. The van der Waals surface area contributed by atoms with Gasteiger partial charge >= 0.3 is 0 Å². The largest absolute Gasteiger partial charge is 0.361 e. The molecule has 0 saturated heterocycles. The monoisotopic (exact) mass is 298 g/mol. The summed E-state index contributed by atoms with van der Waals surface area (Å²) < 4.78 is 0. The van der Waals surface area contributed by atoms with Crippen LogP contribution in [0.25, 0.3) is 10.9 Å². The molecule has 1 aromatic heterocycles. The van der Waals surface area contributed by atoms with Gasteiger partial charge in [0.2, 0.25) is 0 Å². The van der Waals surface area contributed by atoms with E-state index in [0.717, 1.165) is 16.5 Å². The molecule has 0 aliphatic rings. The second kappa shape index (κ2) is 5.62. The maximum Gasteiger partial charge on any atom is 0.251 e. The average Bonchev–Trinajstić information content (AvgIpc) is 2.94. The molecule has 0 radical (unpaired) electrons. The number of amides is 1. The minimum atomic E-state index is -0.101. The number of halogens is 1. The van der Waals surface area contributed by atoms with E-state index in [1.54, 1.807) is 0 Å². The lowest BCUT2D eigenvalue weighted by Gasteiger charge is -2.14. The highest BCUT2D eigenvalue weighted by Gasteiger charge is 2.12. The molecule has 3 aromatic rings. The minimum absolute atomic E-state index is 0.0982. The van der Waals surface area contributed by atoms with Crippen LogP contribution in [0.5, 0.6) is 0 Å². The Balaban J connectivity index is 1.79. The Kier molecular flexibility index (Phi) is 3.67. The Hall–Kier alpha value is -2.26. The highest BCUT2D eigenvalue weighted by Crippen LogP contribution is 2.19. The third-order valence-corrected chi connectivity index (χ3v) is 3.75. The van der Waals surface area contributed by atoms with Gasteiger partial charge in [0.1, 0.15) is 0 Å². The number of nitrogens with one attached hydrogen (secondary N) is 2. The van der Waals surface area contributed by atoms with Crippen LogP contribution in [0.15, 0.2) is 54.7 Å². The van der Waals surface area contributed by atoms with E-state index < -0.39 is 0 Å². The molecule has 2 aromatic carbocycles. The summed E-state index contributed by atoms with van der Waals surface area (Å²) in [4.78, 5) is 15.4. The number of hydrogen-bond acceptors (Lipinski definition) is 1. The van der Waals surface area contributed by atoms with Crippen LogP contribution in [0.2, 0.25) is 5.02 Å². The van der Waals surface area contributed by atoms with Gasteiger partial charge in [-0.15, -0.1) is 0 Å². The van der Waals surface area contributed by atoms with Crippen molar-refractivity contribution >= 4 is 28.4 Å². The summed E-state index contributed by atoms with van der Waals surface area (Å²) in [5, 5.41) is 4.75. The lowest BCUT2D eigenvalue weighted by atomic mass is 10.1. The standard InChI is InChI=1S/C17H15ClN2O/c1-11(13-3-2-4-15(18)9-13)20-17(21)14-6-5-12-7-8-19-16(12)10-14/h2-11,19H,1H3,(H,20,21)/t11-/m1/s1. The predicted molar refractivity (Wildman–Crippen MR) is 85.6 cm³/mol. The van der Waals surface area contributed by atoms with E-state index in [2.05, 4.69) is 10.3 Å². The van der Waals surface area contributed by atoms with Crippen molar-refractivity contribution in [1.29, 1.82) is 0 Å². The van der Waals surface area contributed by atoms with E-state index in [1.165, 1.54) is 0 Å². The van der Waals surface area contributed by atoms with Crippen LogP contribution >= 0.6 is 11.6 Å². The minimum Gasteiger partial charge on any atom is -0.361 e. The molecular weight excluding hydrogens is 284 g/mol. The molecule has 2 N–H and O–H groups in total. The molecule has 0 unspecified atom stereocenters. The molecule has 21 heavy (non-hydrogen) atoms. The molecule has 0 fully saturated rings. The maximum absolute atomic E-state index is 12.3. The summed E-state index contributed by atoms with van der Waals surface area (Å²) in [6.45, 7) is 1.94. The Bertz CT molecular complexity index is 794. The molecule has 1 heterocycles. The topological polar surface area (TPSA) is 44.9 Å². The van der Waals surface area contributed by atoms with E-state index in [4.69, 9.17) is 11.6 Å². The van der Waals surface area contributed by atoms with Gasteiger partial charge in [-0.25, -0.2) is 0 Å². The first kappa shape index (κ1) is 13.7. The van der Waals surface area contributed by atoms with Crippen LogP contribution < -0.4 is 5.32 Å². The Morgan fingerprint density at radius 2 is 2.05 bits per heavy atom. The van der Waals surface area contributed by atoms with Gasteiger partial charge in [0.25, 0.3) is 5.91 Å². The molecule has 1 amide bonds. The third-order valence-electron chi connectivity index (χ3n) is 3.51. The Morgan fingerprint density at radius 3 is 2.86 bits per heavy atom. The molecule has 1 atom stereocenters. The Morgan fingerprint density at radius 1 is 1.19 bits per heavy atom. The fourth-order valence-electron chi connectivity index (χ4n) is 2.33. The first-order valence-electron chi connectivity index (χ1n) is 6.77. The zero-order chi connectivity index (χ0) is 14.8. The van der Waals surface area contributed by atoms with Crippen LogP contribution in [0, 0.1) is 0 Å². The van der Waals surface area contributed by atoms with Crippen LogP contribution in [0.1, 0.15) is 28.9 Å². The lowest BCUT2D eigenvalue weighted by molar-refractivity contribution is 0.0940. The fourth-order valence-corrected chi connectivity index (χ4v) is 2.53. The van der Waals surface area contributed by atoms with E-state index >= 15 is 0 Å². The van der Waals surface area contributed by atoms with Gasteiger partial charge < -0.3 is 10.3 Å². The predicted octanol–water partition coefficient (Wildman–Crippen LogP) is 4.31. The highest BCUT2D eigenvalue weighted by atomic mass is 35.5. The van der Waals surface area contributed by atoms with Gasteiger partial charge in [0.05, 0.1) is 6.04 Å². The van der Waals surface area contributed by atoms with Gasteiger partial charge in [-0.1, -0.05) is 29.8 Å². The smallest absolute Gasteiger partial charge is 0.251 e. The SMILES string of the molecule is C[C@@H](NC(=O)c1ccc2cc[nH]c2c1)c1cccc(Cl)c1. The fraction of sp³-hybridized carbons (Fsp3) is 0.118. The molecule has 0 saturated carbocycles. The first-order chi connectivity index (χ1) is 10.1. The second-order valence-corrected chi connectivity index (χ2v) is 5.47. The van der Waals surface area contributed by atoms with Gasteiger partial charge in [-0.05, 0) is 48.2 Å². The van der Waals surface area contributed by atoms with Crippen LogP contribution in [0.3, 0.4) is 0 Å². The number of fused-ring (bicyclic) bond motifs is 1. The summed E-state index contributed by atoms with van der Waals surface area (Å²) >= 11 is 5.98. The molecule has 0 aliphatic carbocycles. The summed E-state index contributed by atoms with van der Waals surface area (Å²) in [7, 11) is 0. The van der Waals surface area contributed by atoms with Crippen molar-refractivity contribution in [2.24, 2.45) is 0 Å². The summed E-state index contributed by atoms with van der Waals surface area (Å²) in [5.41, 5.74) is 2.58. The molecule has 4 heteroatoms. The number of H-pyrrole nitrogens is 1. The molecule has 0 bridgehead atoms. The summed E-state index contributed by atoms with van der Waals surface area (Å²) in [6, 6.07) is 15.0. The molecular formula is C17H15ClN2O. The quantitative estimate of drug-likeness (QED) is 0.743. The average molecular weight is 299 g/mol. The first-order valence-corrected chi connectivity index (χ1v) is 7.15. The maximum atomic E-state index is 12.3. The van der Waals surface area contributed by atoms with Gasteiger partial charge in [-0.2, -0.15) is 0 Å². The van der Waals surface area contributed by atoms with Crippen LogP contribution in [0.4, 0.5) is 0 Å². The number of aromatic amines is 1. The molecule has 106 valence electrons. The van der Waals surface area contributed by atoms with Gasteiger partial charge in [0, 0.05) is 22.3 Å². The van der Waals surface area contributed by atoms with Gasteiger partial charge in [-0.3, -0.25) is 4.79 Å². The van der Waals surface area contributed by atoms with Crippen molar-refractivity contribution in [2.75, 3.05) is 0 Å². The van der Waals surface area contributed by atoms with E-state index in [1.807, 2.05) is 61.7 Å². The Labute approximate surface area is 127 Å². The number of carbonyl (C=O) groups excluding carboxylic acids is 1. The molecule has 3 rings (SSSR count). The van der Waals surface area contributed by atoms with Crippen molar-refractivity contribution in [3.63, 3.8) is 0 Å². The van der Waals surface area contributed by atoms with Crippen LogP contribution in [-0.4, -0.2) is 10.9 Å². The second-order valence-electron chi connectivity index (χ2n) is 5.03. The van der Waals surface area contributed by atoms with Crippen molar-refractivity contribution < 1.29 is 4.79 Å². The van der Waals surface area contributed by atoms with Crippen molar-refractivity contribution in [1.82, 2.24) is 10.3 Å². The highest BCUT2D eigenvalue weighted by molar-refractivity contribution is 6.30. The number of rotatable bonds is 3.